The molecular weight excluding hydrogens is 312 g/mol. The Hall–Kier alpha value is -2.52. The topological polar surface area (TPSA) is 39.4 Å². The van der Waals surface area contributed by atoms with Gasteiger partial charge in [0.05, 0.1) is 5.02 Å². The highest BCUT2D eigenvalue weighted by atomic mass is 35.5. The number of hydrogen-bond donors (Lipinski definition) is 0. The van der Waals surface area contributed by atoms with Crippen molar-refractivity contribution in [3.63, 3.8) is 0 Å². The van der Waals surface area contributed by atoms with Gasteiger partial charge in [0.1, 0.15) is 17.9 Å². The van der Waals surface area contributed by atoms with E-state index in [0.29, 0.717) is 23.0 Å². The quantitative estimate of drug-likeness (QED) is 0.643. The lowest BCUT2D eigenvalue weighted by atomic mass is 10.1. The molecule has 116 valence electrons. The first-order valence-electron chi connectivity index (χ1n) is 7.22. The zero-order valence-electron chi connectivity index (χ0n) is 12.6. The van der Waals surface area contributed by atoms with Crippen LogP contribution in [0.4, 0.5) is 0 Å². The van der Waals surface area contributed by atoms with Crippen LogP contribution in [0.25, 0.3) is 17.0 Å². The fourth-order valence-electron chi connectivity index (χ4n) is 2.32. The van der Waals surface area contributed by atoms with E-state index in [1.165, 1.54) is 6.07 Å². The summed E-state index contributed by atoms with van der Waals surface area (Å²) >= 11 is 6.24. The number of rotatable bonds is 4. The van der Waals surface area contributed by atoms with Gasteiger partial charge in [0, 0.05) is 17.5 Å². The summed E-state index contributed by atoms with van der Waals surface area (Å²) in [5, 5.41) is 1.30. The minimum Gasteiger partial charge on any atom is -0.488 e. The van der Waals surface area contributed by atoms with Gasteiger partial charge >= 0.3 is 5.63 Å². The van der Waals surface area contributed by atoms with Gasteiger partial charge in [-0.25, -0.2) is 4.79 Å². The first-order chi connectivity index (χ1) is 11.1. The lowest BCUT2D eigenvalue weighted by Crippen LogP contribution is -1.99. The van der Waals surface area contributed by atoms with Crippen LogP contribution in [0.2, 0.25) is 5.02 Å². The molecule has 0 bridgehead atoms. The molecule has 0 unspecified atom stereocenters. The second-order valence-electron chi connectivity index (χ2n) is 5.15. The van der Waals surface area contributed by atoms with Gasteiger partial charge in [0.2, 0.25) is 0 Å². The molecule has 0 saturated carbocycles. The van der Waals surface area contributed by atoms with Gasteiger partial charge < -0.3 is 9.15 Å². The van der Waals surface area contributed by atoms with Gasteiger partial charge in [-0.1, -0.05) is 48.0 Å². The molecule has 0 atom stereocenters. The summed E-state index contributed by atoms with van der Waals surface area (Å²) in [5.74, 6) is 0.491. The molecule has 0 saturated heterocycles. The van der Waals surface area contributed by atoms with Crippen molar-refractivity contribution >= 4 is 28.6 Å². The molecule has 0 aliphatic carbocycles. The molecule has 4 heteroatoms. The average Bonchev–Trinajstić information content (AvgIpc) is 2.54. The van der Waals surface area contributed by atoms with Crippen LogP contribution in [-0.4, -0.2) is 6.61 Å². The van der Waals surface area contributed by atoms with Crippen molar-refractivity contribution in [1.29, 1.82) is 0 Å². The molecule has 2 aromatic carbocycles. The third-order valence-electron chi connectivity index (χ3n) is 3.45. The lowest BCUT2D eigenvalue weighted by molar-refractivity contribution is 0.363. The predicted molar refractivity (Wildman–Crippen MR) is 93.2 cm³/mol. The minimum absolute atomic E-state index is 0.371. The maximum absolute atomic E-state index is 11.5. The number of halogens is 1. The van der Waals surface area contributed by atoms with E-state index in [0.717, 1.165) is 16.5 Å². The first kappa shape index (κ1) is 15.4. The van der Waals surface area contributed by atoms with E-state index >= 15 is 0 Å². The molecule has 3 aromatic rings. The molecule has 1 heterocycles. The molecule has 0 amide bonds. The third kappa shape index (κ3) is 3.63. The van der Waals surface area contributed by atoms with Gasteiger partial charge in [-0.2, -0.15) is 0 Å². The Bertz CT molecular complexity index is 911. The molecule has 1 aromatic heterocycles. The van der Waals surface area contributed by atoms with Gasteiger partial charge in [-0.3, -0.25) is 0 Å². The fraction of sp³-hybridized carbons (Fsp3) is 0.105. The number of hydrogen-bond acceptors (Lipinski definition) is 3. The molecule has 23 heavy (non-hydrogen) atoms. The Kier molecular flexibility index (Phi) is 4.49. The summed E-state index contributed by atoms with van der Waals surface area (Å²) in [6.07, 6.45) is 3.88. The van der Waals surface area contributed by atoms with Crippen molar-refractivity contribution in [2.24, 2.45) is 0 Å². The molecule has 0 fully saturated rings. The molecule has 0 N–H and O–H groups in total. The van der Waals surface area contributed by atoms with Gasteiger partial charge in [0.15, 0.2) is 0 Å². The smallest absolute Gasteiger partial charge is 0.336 e. The van der Waals surface area contributed by atoms with Crippen molar-refractivity contribution in [3.8, 4) is 5.75 Å². The molecule has 3 rings (SSSR count). The van der Waals surface area contributed by atoms with Gasteiger partial charge in [-0.05, 0) is 30.2 Å². The Morgan fingerprint density at radius 2 is 1.96 bits per heavy atom. The number of aryl methyl sites for hydroxylation is 1. The highest BCUT2D eigenvalue weighted by Gasteiger charge is 2.08. The Morgan fingerprint density at radius 3 is 2.74 bits per heavy atom. The highest BCUT2D eigenvalue weighted by molar-refractivity contribution is 6.32. The van der Waals surface area contributed by atoms with Crippen LogP contribution in [0.3, 0.4) is 0 Å². The monoisotopic (exact) mass is 326 g/mol. The zero-order chi connectivity index (χ0) is 16.2. The third-order valence-corrected chi connectivity index (χ3v) is 3.74. The highest BCUT2D eigenvalue weighted by Crippen LogP contribution is 2.31. The lowest BCUT2D eigenvalue weighted by Gasteiger charge is -2.08. The predicted octanol–water partition coefficient (Wildman–Crippen LogP) is 4.85. The van der Waals surface area contributed by atoms with Crippen LogP contribution in [0, 0.1) is 6.92 Å². The van der Waals surface area contributed by atoms with Crippen molar-refractivity contribution in [2.45, 2.75) is 6.92 Å². The van der Waals surface area contributed by atoms with Crippen LogP contribution in [-0.2, 0) is 0 Å². The summed E-state index contributed by atoms with van der Waals surface area (Å²) in [7, 11) is 0. The number of ether oxygens (including phenoxy) is 1. The average molecular weight is 327 g/mol. The largest absolute Gasteiger partial charge is 0.488 e. The summed E-state index contributed by atoms with van der Waals surface area (Å²) in [6.45, 7) is 2.22. The SMILES string of the molecule is Cc1cc(=O)oc2cc(OC/C=C/c3ccccc3)c(Cl)cc12. The summed E-state index contributed by atoms with van der Waals surface area (Å²) in [4.78, 5) is 11.5. The molecular formula is C19H15ClO3. The van der Waals surface area contributed by atoms with Crippen LogP contribution in [0.15, 0.2) is 63.8 Å². The Morgan fingerprint density at radius 1 is 1.17 bits per heavy atom. The van der Waals surface area contributed by atoms with Crippen molar-refractivity contribution < 1.29 is 9.15 Å². The van der Waals surface area contributed by atoms with E-state index in [4.69, 9.17) is 20.8 Å². The Balaban J connectivity index is 1.79. The first-order valence-corrected chi connectivity index (χ1v) is 7.60. The second kappa shape index (κ2) is 6.71. The molecule has 0 spiro atoms. The van der Waals surface area contributed by atoms with Crippen LogP contribution >= 0.6 is 11.6 Å². The summed E-state index contributed by atoms with van der Waals surface area (Å²) in [5.41, 5.74) is 2.02. The molecule has 0 radical (unpaired) electrons. The normalized spacial score (nSPS) is 11.2. The molecule has 3 nitrogen and oxygen atoms in total. The van der Waals surface area contributed by atoms with E-state index < -0.39 is 0 Å². The molecule has 0 aliphatic rings. The fourth-order valence-corrected chi connectivity index (χ4v) is 2.53. The number of benzene rings is 2. The standard InChI is InChI=1S/C19H15ClO3/c1-13-10-19(21)23-17-12-18(16(20)11-15(13)17)22-9-5-8-14-6-3-2-4-7-14/h2-8,10-12H,9H2,1H3/b8-5+. The van der Waals surface area contributed by atoms with E-state index in [-0.39, 0.29) is 5.63 Å². The van der Waals surface area contributed by atoms with E-state index in [1.54, 1.807) is 12.1 Å². The molecule has 0 aliphatic heterocycles. The second-order valence-corrected chi connectivity index (χ2v) is 5.56. The van der Waals surface area contributed by atoms with Gasteiger partial charge in [0.25, 0.3) is 0 Å². The van der Waals surface area contributed by atoms with Crippen molar-refractivity contribution in [3.05, 3.63) is 81.2 Å². The van der Waals surface area contributed by atoms with Crippen molar-refractivity contribution in [1.82, 2.24) is 0 Å². The summed E-state index contributed by atoms with van der Waals surface area (Å²) in [6, 6.07) is 14.8. The van der Waals surface area contributed by atoms with E-state index in [9.17, 15) is 4.79 Å². The van der Waals surface area contributed by atoms with Crippen LogP contribution in [0.1, 0.15) is 11.1 Å². The maximum Gasteiger partial charge on any atom is 0.336 e. The van der Waals surface area contributed by atoms with Crippen molar-refractivity contribution in [2.75, 3.05) is 6.61 Å². The Labute approximate surface area is 138 Å². The van der Waals surface area contributed by atoms with E-state index in [1.807, 2.05) is 49.4 Å². The van der Waals surface area contributed by atoms with Crippen LogP contribution in [0.5, 0.6) is 5.75 Å². The van der Waals surface area contributed by atoms with Gasteiger partial charge in [-0.15, -0.1) is 0 Å². The zero-order valence-corrected chi connectivity index (χ0v) is 13.3. The van der Waals surface area contributed by atoms with Crippen LogP contribution < -0.4 is 10.4 Å². The maximum atomic E-state index is 11.5. The van der Waals surface area contributed by atoms with E-state index in [2.05, 4.69) is 0 Å². The number of fused-ring (bicyclic) bond motifs is 1. The minimum atomic E-state index is -0.382. The summed E-state index contributed by atoms with van der Waals surface area (Å²) < 4.78 is 10.9.